The second kappa shape index (κ2) is 10.8. The van der Waals surface area contributed by atoms with Gasteiger partial charge < -0.3 is 19.7 Å². The van der Waals surface area contributed by atoms with Crippen LogP contribution in [-0.2, 0) is 19.1 Å². The predicted molar refractivity (Wildman–Crippen MR) is 128 cm³/mol. The molecule has 10 nitrogen and oxygen atoms in total. The van der Waals surface area contributed by atoms with Crippen LogP contribution in [0.4, 0.5) is 0 Å². The number of hydrogen-bond acceptors (Lipinski definition) is 9. The number of carbonyl (C=O) groups is 4. The van der Waals surface area contributed by atoms with E-state index in [1.54, 1.807) is 6.92 Å². The van der Waals surface area contributed by atoms with Crippen LogP contribution in [0.3, 0.4) is 0 Å². The van der Waals surface area contributed by atoms with Crippen molar-refractivity contribution in [1.82, 2.24) is 15.4 Å². The molecule has 1 aromatic carbocycles. The van der Waals surface area contributed by atoms with Crippen molar-refractivity contribution in [3.8, 4) is 0 Å². The smallest absolute Gasteiger partial charge is 0.360 e. The number of nitrogens with zero attached hydrogens (tertiary/aromatic N) is 2. The summed E-state index contributed by atoms with van der Waals surface area (Å²) in [4.78, 5) is 51.0. The first-order valence-corrected chi connectivity index (χ1v) is 12.6. The lowest BCUT2D eigenvalue weighted by Crippen LogP contribution is -2.70. The Kier molecular flexibility index (Phi) is 7.61. The third-order valence-electron chi connectivity index (χ3n) is 5.09. The summed E-state index contributed by atoms with van der Waals surface area (Å²) in [6.45, 7) is 1.87. The third kappa shape index (κ3) is 5.43. The number of aliphatic carboxylic acids is 1. The molecule has 12 heteroatoms. The van der Waals surface area contributed by atoms with Crippen LogP contribution in [0.5, 0.6) is 0 Å². The Bertz CT molecular complexity index is 1210. The highest BCUT2D eigenvalue weighted by atomic mass is 32.2. The Morgan fingerprint density at radius 1 is 1.31 bits per heavy atom. The topological polar surface area (TPSA) is 139 Å². The SMILES string of the molecule is CCOC(=O)c1cc(/C=C/C2=C(C(=O)O)N3C(=O)[C@@H](NC(=O)CSc4ccccc4)[C@H]3SC2)on1. The van der Waals surface area contributed by atoms with Gasteiger partial charge in [-0.15, -0.1) is 23.5 Å². The van der Waals surface area contributed by atoms with Gasteiger partial charge in [-0.3, -0.25) is 14.5 Å². The minimum absolute atomic E-state index is 0.000970. The van der Waals surface area contributed by atoms with E-state index in [1.807, 2.05) is 30.3 Å². The molecule has 1 fully saturated rings. The minimum Gasteiger partial charge on any atom is -0.477 e. The first-order valence-electron chi connectivity index (χ1n) is 10.6. The average molecular weight is 516 g/mol. The van der Waals surface area contributed by atoms with Crippen LogP contribution in [-0.4, -0.2) is 68.4 Å². The number of nitrogens with one attached hydrogen (secondary N) is 1. The van der Waals surface area contributed by atoms with Crippen LogP contribution in [0.15, 0.2) is 63.2 Å². The van der Waals surface area contributed by atoms with Gasteiger partial charge >= 0.3 is 11.9 Å². The second-order valence-corrected chi connectivity index (χ2v) is 9.56. The first-order chi connectivity index (χ1) is 16.9. The van der Waals surface area contributed by atoms with E-state index in [2.05, 4.69) is 10.5 Å². The van der Waals surface area contributed by atoms with Crippen LogP contribution >= 0.6 is 23.5 Å². The van der Waals surface area contributed by atoms with E-state index in [0.29, 0.717) is 11.3 Å². The summed E-state index contributed by atoms with van der Waals surface area (Å²) in [5, 5.41) is 15.6. The number of rotatable bonds is 9. The van der Waals surface area contributed by atoms with Crippen molar-refractivity contribution < 1.29 is 33.5 Å². The largest absolute Gasteiger partial charge is 0.477 e. The van der Waals surface area contributed by atoms with Crippen LogP contribution in [0.25, 0.3) is 6.08 Å². The fourth-order valence-corrected chi connectivity index (χ4v) is 5.55. The molecule has 0 radical (unpaired) electrons. The van der Waals surface area contributed by atoms with E-state index in [-0.39, 0.29) is 35.4 Å². The molecule has 0 aliphatic carbocycles. The van der Waals surface area contributed by atoms with Gasteiger partial charge in [0.05, 0.1) is 12.4 Å². The summed E-state index contributed by atoms with van der Waals surface area (Å²) in [7, 11) is 0. The Morgan fingerprint density at radius 2 is 2.09 bits per heavy atom. The molecule has 0 bridgehead atoms. The molecule has 2 aliphatic heterocycles. The fraction of sp³-hybridized carbons (Fsp3) is 0.261. The number of carboxylic acids is 1. The van der Waals surface area contributed by atoms with Crippen molar-refractivity contribution in [2.75, 3.05) is 18.1 Å². The number of benzene rings is 1. The monoisotopic (exact) mass is 515 g/mol. The summed E-state index contributed by atoms with van der Waals surface area (Å²) in [6, 6.07) is 10.0. The van der Waals surface area contributed by atoms with Gasteiger partial charge in [0.1, 0.15) is 17.1 Å². The highest BCUT2D eigenvalue weighted by Crippen LogP contribution is 2.40. The van der Waals surface area contributed by atoms with Crippen molar-refractivity contribution >= 4 is 53.4 Å². The van der Waals surface area contributed by atoms with E-state index in [4.69, 9.17) is 9.26 Å². The van der Waals surface area contributed by atoms with Gasteiger partial charge in [-0.25, -0.2) is 9.59 Å². The quantitative estimate of drug-likeness (QED) is 0.291. The van der Waals surface area contributed by atoms with Crippen molar-refractivity contribution in [2.45, 2.75) is 23.2 Å². The number of esters is 1. The molecule has 1 aromatic heterocycles. The molecule has 3 heterocycles. The highest BCUT2D eigenvalue weighted by molar-refractivity contribution is 8.00. The highest BCUT2D eigenvalue weighted by Gasteiger charge is 2.53. The van der Waals surface area contributed by atoms with Crippen molar-refractivity contribution in [3.05, 3.63) is 65.2 Å². The second-order valence-electron chi connectivity index (χ2n) is 7.40. The summed E-state index contributed by atoms with van der Waals surface area (Å²) in [5.41, 5.74) is 0.244. The van der Waals surface area contributed by atoms with Gasteiger partial charge in [-0.2, -0.15) is 0 Å². The van der Waals surface area contributed by atoms with Crippen molar-refractivity contribution in [2.24, 2.45) is 0 Å². The Morgan fingerprint density at radius 3 is 2.80 bits per heavy atom. The van der Waals surface area contributed by atoms with Crippen molar-refractivity contribution in [3.63, 3.8) is 0 Å². The van der Waals surface area contributed by atoms with Crippen LogP contribution in [0.1, 0.15) is 23.2 Å². The number of hydrogen-bond donors (Lipinski definition) is 2. The molecule has 2 N–H and O–H groups in total. The molecular weight excluding hydrogens is 494 g/mol. The number of carboxylic acid groups (broad SMARTS) is 1. The van der Waals surface area contributed by atoms with E-state index in [0.717, 1.165) is 4.90 Å². The molecule has 4 rings (SSSR count). The Labute approximate surface area is 208 Å². The zero-order chi connectivity index (χ0) is 24.9. The Hall–Kier alpha value is -3.51. The lowest BCUT2D eigenvalue weighted by atomic mass is 10.0. The number of amides is 2. The molecule has 1 saturated heterocycles. The molecule has 0 unspecified atom stereocenters. The van der Waals surface area contributed by atoms with Crippen LogP contribution in [0, 0.1) is 0 Å². The fourth-order valence-electron chi connectivity index (χ4n) is 3.50. The summed E-state index contributed by atoms with van der Waals surface area (Å²) in [5.74, 6) is -1.98. The zero-order valence-electron chi connectivity index (χ0n) is 18.5. The van der Waals surface area contributed by atoms with Gasteiger partial charge in [0, 0.05) is 16.7 Å². The van der Waals surface area contributed by atoms with E-state index in [9.17, 15) is 24.3 Å². The standard InChI is InChI=1S/C23H21N3O7S2/c1-2-32-23(31)16-10-14(33-25-16)9-8-13-11-35-21-18(20(28)26(21)19(13)22(29)30)24-17(27)12-34-15-6-4-3-5-7-15/h3-10,18,21H,2,11-12H2,1H3,(H,24,27)(H,29,30)/b9-8+/t18-,21-/m1/s1. The average Bonchev–Trinajstić information content (AvgIpc) is 3.34. The minimum atomic E-state index is -1.25. The molecule has 2 aromatic rings. The van der Waals surface area contributed by atoms with Crippen LogP contribution < -0.4 is 5.32 Å². The normalized spacial score (nSPS) is 19.3. The van der Waals surface area contributed by atoms with Gasteiger partial charge in [-0.05, 0) is 30.7 Å². The van der Waals surface area contributed by atoms with Gasteiger partial charge in [0.15, 0.2) is 11.5 Å². The maximum atomic E-state index is 12.8. The number of β-lactam (4-membered cyclic amide) rings is 1. The molecule has 2 aliphatic rings. The molecule has 0 spiro atoms. The number of ether oxygens (including phenoxy) is 1. The molecule has 35 heavy (non-hydrogen) atoms. The number of allylic oxidation sites excluding steroid dienone is 1. The first kappa shape index (κ1) is 24.6. The number of carbonyl (C=O) groups excluding carboxylic acids is 3. The predicted octanol–water partition coefficient (Wildman–Crippen LogP) is 2.40. The van der Waals surface area contributed by atoms with Crippen LogP contribution in [0.2, 0.25) is 0 Å². The van der Waals surface area contributed by atoms with E-state index >= 15 is 0 Å². The van der Waals surface area contributed by atoms with Crippen molar-refractivity contribution in [1.29, 1.82) is 0 Å². The maximum Gasteiger partial charge on any atom is 0.360 e. The lowest BCUT2D eigenvalue weighted by Gasteiger charge is -2.49. The van der Waals surface area contributed by atoms with Gasteiger partial charge in [0.25, 0.3) is 5.91 Å². The lowest BCUT2D eigenvalue weighted by molar-refractivity contribution is -0.150. The number of fused-ring (bicyclic) bond motifs is 1. The van der Waals surface area contributed by atoms with E-state index in [1.165, 1.54) is 46.6 Å². The molecular formula is C23H21N3O7S2. The number of thioether (sulfide) groups is 2. The van der Waals surface area contributed by atoms with Gasteiger partial charge in [0.2, 0.25) is 5.91 Å². The zero-order valence-corrected chi connectivity index (χ0v) is 20.1. The summed E-state index contributed by atoms with van der Waals surface area (Å²) < 4.78 is 9.93. The summed E-state index contributed by atoms with van der Waals surface area (Å²) in [6.07, 6.45) is 2.98. The number of aromatic nitrogens is 1. The molecule has 2 atom stereocenters. The Balaban J connectivity index is 1.42. The third-order valence-corrected chi connectivity index (χ3v) is 7.41. The maximum absolute atomic E-state index is 12.8. The molecule has 2 amide bonds. The van der Waals surface area contributed by atoms with Gasteiger partial charge in [-0.1, -0.05) is 29.4 Å². The van der Waals surface area contributed by atoms with E-state index < -0.39 is 29.3 Å². The summed E-state index contributed by atoms with van der Waals surface area (Å²) >= 11 is 2.71. The molecule has 0 saturated carbocycles. The molecule has 182 valence electrons.